The summed E-state index contributed by atoms with van der Waals surface area (Å²) < 4.78 is 34.2. The first-order valence-electron chi connectivity index (χ1n) is 11.4. The lowest BCUT2D eigenvalue weighted by Gasteiger charge is -2.34. The zero-order valence-corrected chi connectivity index (χ0v) is 20.3. The van der Waals surface area contributed by atoms with Crippen LogP contribution < -0.4 is 15.4 Å². The summed E-state index contributed by atoms with van der Waals surface area (Å²) in [5.74, 6) is 0.0204. The molecule has 9 nitrogen and oxygen atoms in total. The molecule has 0 radical (unpaired) electrons. The third-order valence-corrected chi connectivity index (χ3v) is 8.62. The Hall–Kier alpha value is -3.50. The van der Waals surface area contributed by atoms with Gasteiger partial charge in [0.25, 0.3) is 5.91 Å². The summed E-state index contributed by atoms with van der Waals surface area (Å²) in [5, 5.41) is 5.83. The summed E-state index contributed by atoms with van der Waals surface area (Å²) in [5.41, 5.74) is 1.47. The summed E-state index contributed by atoms with van der Waals surface area (Å²) >= 11 is 0. The lowest BCUT2D eigenvalue weighted by atomic mass is 9.91. The highest BCUT2D eigenvalue weighted by Gasteiger charge is 2.54. The SMILES string of the molecule is Cc1cc(COc2ccc(S(=O)(=O)N3CCC[C@@H]3[C@@]3(C)NC(=O)NC3=O)cc2)c2ccccc2n1. The highest BCUT2D eigenvalue weighted by molar-refractivity contribution is 7.89. The van der Waals surface area contributed by atoms with E-state index in [1.165, 1.54) is 16.4 Å². The first-order valence-corrected chi connectivity index (χ1v) is 12.9. The maximum Gasteiger partial charge on any atom is 0.322 e. The maximum atomic E-state index is 13.4. The predicted octanol–water partition coefficient (Wildman–Crippen LogP) is 2.87. The van der Waals surface area contributed by atoms with Gasteiger partial charge in [-0.2, -0.15) is 4.31 Å². The molecule has 0 bridgehead atoms. The van der Waals surface area contributed by atoms with E-state index < -0.39 is 33.5 Å². The topological polar surface area (TPSA) is 118 Å². The number of carbonyl (C=O) groups excluding carboxylic acids is 2. The van der Waals surface area contributed by atoms with Crippen molar-refractivity contribution < 1.29 is 22.7 Å². The highest BCUT2D eigenvalue weighted by Crippen LogP contribution is 2.34. The summed E-state index contributed by atoms with van der Waals surface area (Å²) in [6, 6.07) is 14.8. The maximum absolute atomic E-state index is 13.4. The molecule has 2 N–H and O–H groups in total. The zero-order chi connectivity index (χ0) is 24.8. The van der Waals surface area contributed by atoms with Crippen LogP contribution in [0, 0.1) is 6.92 Å². The standard InChI is InChI=1S/C25H26N4O5S/c1-16-14-17(20-6-3-4-7-21(20)26-16)15-34-18-9-11-19(12-10-18)35(32,33)29-13-5-8-22(29)25(2)23(30)27-24(31)28-25/h3-4,6-7,9-12,14,22H,5,8,13,15H2,1-2H3,(H2,27,28,30,31)/t22-,25-/m1/s1. The van der Waals surface area contributed by atoms with Crippen molar-refractivity contribution in [1.29, 1.82) is 0 Å². The number of hydrogen-bond acceptors (Lipinski definition) is 6. The van der Waals surface area contributed by atoms with E-state index in [-0.39, 0.29) is 11.4 Å². The van der Waals surface area contributed by atoms with Crippen molar-refractivity contribution >= 4 is 32.9 Å². The molecule has 0 aliphatic carbocycles. The van der Waals surface area contributed by atoms with Gasteiger partial charge in [-0.3, -0.25) is 15.1 Å². The summed E-state index contributed by atoms with van der Waals surface area (Å²) in [7, 11) is -3.88. The number of aromatic nitrogens is 1. The smallest absolute Gasteiger partial charge is 0.322 e. The minimum absolute atomic E-state index is 0.107. The number of rotatable bonds is 6. The van der Waals surface area contributed by atoms with Gasteiger partial charge in [-0.15, -0.1) is 0 Å². The van der Waals surface area contributed by atoms with Crippen LogP contribution in [-0.4, -0.2) is 47.8 Å². The van der Waals surface area contributed by atoms with Gasteiger partial charge >= 0.3 is 6.03 Å². The van der Waals surface area contributed by atoms with Crippen LogP contribution in [0.5, 0.6) is 5.75 Å². The number of nitrogens with zero attached hydrogens (tertiary/aromatic N) is 2. The lowest BCUT2D eigenvalue weighted by molar-refractivity contribution is -0.124. The fraction of sp³-hybridized carbons (Fsp3) is 0.320. The van der Waals surface area contributed by atoms with E-state index in [1.807, 2.05) is 37.3 Å². The summed E-state index contributed by atoms with van der Waals surface area (Å²) in [6.07, 6.45) is 1.08. The van der Waals surface area contributed by atoms with E-state index in [4.69, 9.17) is 4.74 Å². The quantitative estimate of drug-likeness (QED) is 0.509. The monoisotopic (exact) mass is 494 g/mol. The molecule has 10 heteroatoms. The van der Waals surface area contributed by atoms with Crippen LogP contribution in [0.15, 0.2) is 59.5 Å². The second-order valence-corrected chi connectivity index (χ2v) is 11.0. The molecule has 1 aromatic heterocycles. The van der Waals surface area contributed by atoms with Crippen molar-refractivity contribution in [2.45, 2.75) is 49.8 Å². The molecule has 3 amide bonds. The molecule has 2 fully saturated rings. The van der Waals surface area contributed by atoms with Gasteiger partial charge < -0.3 is 10.1 Å². The number of sulfonamides is 1. The van der Waals surface area contributed by atoms with Gasteiger partial charge in [0.2, 0.25) is 10.0 Å². The van der Waals surface area contributed by atoms with Gasteiger partial charge in [0.05, 0.1) is 16.5 Å². The number of imide groups is 1. The Balaban J connectivity index is 1.34. The Bertz CT molecular complexity index is 1420. The van der Waals surface area contributed by atoms with Crippen molar-refractivity contribution in [3.05, 3.63) is 65.9 Å². The molecular weight excluding hydrogens is 468 g/mol. The minimum atomic E-state index is -3.88. The van der Waals surface area contributed by atoms with E-state index in [9.17, 15) is 18.0 Å². The number of aryl methyl sites for hydroxylation is 1. The molecule has 2 atom stereocenters. The van der Waals surface area contributed by atoms with Gasteiger partial charge in [-0.25, -0.2) is 13.2 Å². The third-order valence-electron chi connectivity index (χ3n) is 6.70. The van der Waals surface area contributed by atoms with Crippen LogP contribution in [0.2, 0.25) is 0 Å². The van der Waals surface area contributed by atoms with Crippen LogP contribution >= 0.6 is 0 Å². The van der Waals surface area contributed by atoms with Crippen molar-refractivity contribution in [3.63, 3.8) is 0 Å². The van der Waals surface area contributed by atoms with Crippen molar-refractivity contribution in [2.24, 2.45) is 0 Å². The Kier molecular flexibility index (Phi) is 5.72. The second-order valence-electron chi connectivity index (χ2n) is 9.08. The third kappa shape index (κ3) is 4.12. The average Bonchev–Trinajstić information content (AvgIpc) is 3.43. The predicted molar refractivity (Wildman–Crippen MR) is 129 cm³/mol. The number of urea groups is 1. The number of fused-ring (bicyclic) bond motifs is 1. The molecule has 2 saturated heterocycles. The van der Waals surface area contributed by atoms with Crippen molar-refractivity contribution in [1.82, 2.24) is 19.9 Å². The van der Waals surface area contributed by atoms with E-state index in [2.05, 4.69) is 15.6 Å². The van der Waals surface area contributed by atoms with Crippen molar-refractivity contribution in [2.75, 3.05) is 6.54 Å². The van der Waals surface area contributed by atoms with Crippen LogP contribution in [0.3, 0.4) is 0 Å². The Morgan fingerprint density at radius 3 is 2.60 bits per heavy atom. The number of para-hydroxylation sites is 1. The molecule has 0 spiro atoms. The Morgan fingerprint density at radius 2 is 1.89 bits per heavy atom. The van der Waals surface area contributed by atoms with E-state index in [0.29, 0.717) is 25.2 Å². The fourth-order valence-corrected chi connectivity index (χ4v) is 6.69. The largest absolute Gasteiger partial charge is 0.489 e. The number of ether oxygens (including phenoxy) is 1. The fourth-order valence-electron chi connectivity index (χ4n) is 4.91. The first-order chi connectivity index (χ1) is 16.7. The normalized spacial score (nSPS) is 22.9. The molecule has 3 heterocycles. The molecule has 2 aliphatic rings. The molecule has 35 heavy (non-hydrogen) atoms. The van der Waals surface area contributed by atoms with Gasteiger partial charge in [-0.05, 0) is 63.1 Å². The van der Waals surface area contributed by atoms with Crippen LogP contribution in [0.25, 0.3) is 10.9 Å². The van der Waals surface area contributed by atoms with Gasteiger partial charge in [0.1, 0.15) is 17.9 Å². The van der Waals surface area contributed by atoms with E-state index >= 15 is 0 Å². The van der Waals surface area contributed by atoms with E-state index in [0.717, 1.165) is 22.2 Å². The summed E-state index contributed by atoms with van der Waals surface area (Å²) in [4.78, 5) is 28.8. The highest BCUT2D eigenvalue weighted by atomic mass is 32.2. The molecule has 3 aromatic rings. The minimum Gasteiger partial charge on any atom is -0.489 e. The number of carbonyl (C=O) groups is 2. The molecule has 0 saturated carbocycles. The lowest BCUT2D eigenvalue weighted by Crippen LogP contribution is -2.59. The summed E-state index contributed by atoms with van der Waals surface area (Å²) in [6.45, 7) is 4.09. The van der Waals surface area contributed by atoms with Crippen LogP contribution in [0.1, 0.15) is 31.0 Å². The van der Waals surface area contributed by atoms with Crippen LogP contribution in [-0.2, 0) is 21.4 Å². The molecule has 182 valence electrons. The molecule has 2 aromatic carbocycles. The zero-order valence-electron chi connectivity index (χ0n) is 19.4. The van der Waals surface area contributed by atoms with Crippen LogP contribution in [0.4, 0.5) is 4.79 Å². The van der Waals surface area contributed by atoms with E-state index in [1.54, 1.807) is 19.1 Å². The Morgan fingerprint density at radius 1 is 1.14 bits per heavy atom. The molecule has 5 rings (SSSR count). The second kappa shape index (κ2) is 8.62. The average molecular weight is 495 g/mol. The first kappa shape index (κ1) is 23.3. The molecular formula is C25H26N4O5S. The van der Waals surface area contributed by atoms with Gasteiger partial charge in [0.15, 0.2) is 0 Å². The van der Waals surface area contributed by atoms with Gasteiger partial charge in [0, 0.05) is 23.2 Å². The Labute approximate surface area is 203 Å². The van der Waals surface area contributed by atoms with Gasteiger partial charge in [-0.1, -0.05) is 18.2 Å². The van der Waals surface area contributed by atoms with Crippen molar-refractivity contribution in [3.8, 4) is 5.75 Å². The number of amides is 3. The molecule has 0 unspecified atom stereocenters. The number of benzene rings is 2. The number of pyridine rings is 1. The molecule has 2 aliphatic heterocycles. The number of hydrogen-bond donors (Lipinski definition) is 2. The number of nitrogens with one attached hydrogen (secondary N) is 2.